The molecule has 3 aliphatic rings. The quantitative estimate of drug-likeness (QED) is 0.823. The van der Waals surface area contributed by atoms with Gasteiger partial charge in [0.2, 0.25) is 0 Å². The van der Waals surface area contributed by atoms with Crippen molar-refractivity contribution in [3.05, 3.63) is 24.3 Å². The lowest BCUT2D eigenvalue weighted by molar-refractivity contribution is -0.0119. The molecule has 0 aliphatic carbocycles. The molecule has 130 valence electrons. The van der Waals surface area contributed by atoms with Gasteiger partial charge in [-0.15, -0.1) is 11.8 Å². The van der Waals surface area contributed by atoms with Crippen molar-refractivity contribution in [2.75, 3.05) is 38.7 Å². The average Bonchev–Trinajstić information content (AvgIpc) is 3.04. The zero-order chi connectivity index (χ0) is 16.4. The van der Waals surface area contributed by atoms with Crippen molar-refractivity contribution in [1.29, 1.82) is 0 Å². The van der Waals surface area contributed by atoms with Gasteiger partial charge in [0.25, 0.3) is 5.91 Å². The van der Waals surface area contributed by atoms with Crippen molar-refractivity contribution in [3.8, 4) is 0 Å². The fourth-order valence-electron chi connectivity index (χ4n) is 3.69. The zero-order valence-electron chi connectivity index (χ0n) is 13.7. The highest BCUT2D eigenvalue weighted by Gasteiger charge is 2.51. The Hall–Kier alpha value is -1.18. The molecule has 0 saturated carbocycles. The van der Waals surface area contributed by atoms with Crippen LogP contribution in [-0.4, -0.2) is 70.3 Å². The number of thioether (sulfide) groups is 1. The van der Waals surface area contributed by atoms with E-state index in [-0.39, 0.29) is 10.7 Å². The van der Waals surface area contributed by atoms with Gasteiger partial charge in [0.15, 0.2) is 0 Å². The molecule has 4 rings (SSSR count). The SMILES string of the molecule is O=C(c1ccncn1)N1CC2(C[C@H](OCC3CCOCC3)CS2)C1. The number of hydrogen-bond donors (Lipinski definition) is 0. The molecule has 3 aliphatic heterocycles. The summed E-state index contributed by atoms with van der Waals surface area (Å²) in [5.74, 6) is 1.70. The largest absolute Gasteiger partial charge is 0.381 e. The van der Waals surface area contributed by atoms with Crippen molar-refractivity contribution in [2.45, 2.75) is 30.1 Å². The summed E-state index contributed by atoms with van der Waals surface area (Å²) in [6.07, 6.45) is 6.65. The molecule has 0 unspecified atom stereocenters. The summed E-state index contributed by atoms with van der Waals surface area (Å²) in [6, 6.07) is 1.68. The molecule has 0 bridgehead atoms. The summed E-state index contributed by atoms with van der Waals surface area (Å²) >= 11 is 1.97. The van der Waals surface area contributed by atoms with E-state index in [4.69, 9.17) is 9.47 Å². The van der Waals surface area contributed by atoms with E-state index in [9.17, 15) is 4.79 Å². The lowest BCUT2D eigenvalue weighted by Crippen LogP contribution is -2.60. The van der Waals surface area contributed by atoms with Crippen LogP contribution >= 0.6 is 11.8 Å². The van der Waals surface area contributed by atoms with Crippen LogP contribution in [0.4, 0.5) is 0 Å². The molecule has 1 amide bonds. The molecule has 0 aromatic carbocycles. The Morgan fingerprint density at radius 3 is 3.00 bits per heavy atom. The minimum atomic E-state index is 0.00944. The van der Waals surface area contributed by atoms with Gasteiger partial charge in [0, 0.05) is 44.9 Å². The highest BCUT2D eigenvalue weighted by Crippen LogP contribution is 2.46. The number of amides is 1. The summed E-state index contributed by atoms with van der Waals surface area (Å²) in [5.41, 5.74) is 0.482. The molecule has 3 saturated heterocycles. The minimum absolute atomic E-state index is 0.00944. The fraction of sp³-hybridized carbons (Fsp3) is 0.706. The second-order valence-electron chi connectivity index (χ2n) is 6.97. The monoisotopic (exact) mass is 349 g/mol. The van der Waals surface area contributed by atoms with Crippen molar-refractivity contribution in [1.82, 2.24) is 14.9 Å². The number of carbonyl (C=O) groups is 1. The third kappa shape index (κ3) is 3.43. The topological polar surface area (TPSA) is 64.6 Å². The molecule has 7 heteroatoms. The summed E-state index contributed by atoms with van der Waals surface area (Å²) in [6.45, 7) is 4.21. The van der Waals surface area contributed by atoms with Crippen LogP contribution in [0, 0.1) is 5.92 Å². The predicted octanol–water partition coefficient (Wildman–Crippen LogP) is 1.62. The molecule has 1 spiro atoms. The normalized spacial score (nSPS) is 26.5. The molecule has 0 radical (unpaired) electrons. The van der Waals surface area contributed by atoms with E-state index in [1.165, 1.54) is 6.33 Å². The first-order chi connectivity index (χ1) is 11.7. The Morgan fingerprint density at radius 2 is 2.25 bits per heavy atom. The second-order valence-corrected chi connectivity index (χ2v) is 8.45. The Labute approximate surface area is 146 Å². The van der Waals surface area contributed by atoms with Crippen LogP contribution in [0.25, 0.3) is 0 Å². The van der Waals surface area contributed by atoms with E-state index in [0.717, 1.165) is 57.9 Å². The third-order valence-corrected chi connectivity index (χ3v) is 6.71. The minimum Gasteiger partial charge on any atom is -0.381 e. The highest BCUT2D eigenvalue weighted by atomic mass is 32.2. The Kier molecular flexibility index (Phi) is 4.74. The first-order valence-electron chi connectivity index (χ1n) is 8.63. The Morgan fingerprint density at radius 1 is 1.42 bits per heavy atom. The van der Waals surface area contributed by atoms with E-state index >= 15 is 0 Å². The smallest absolute Gasteiger partial charge is 0.272 e. The zero-order valence-corrected chi connectivity index (χ0v) is 14.5. The first-order valence-corrected chi connectivity index (χ1v) is 9.61. The number of ether oxygens (including phenoxy) is 2. The van der Waals surface area contributed by atoms with E-state index in [0.29, 0.717) is 17.7 Å². The lowest BCUT2D eigenvalue weighted by atomic mass is 9.92. The van der Waals surface area contributed by atoms with Gasteiger partial charge < -0.3 is 14.4 Å². The van der Waals surface area contributed by atoms with Crippen LogP contribution in [0.1, 0.15) is 29.8 Å². The molecule has 1 aromatic heterocycles. The summed E-state index contributed by atoms with van der Waals surface area (Å²) < 4.78 is 11.7. The number of nitrogens with zero attached hydrogens (tertiary/aromatic N) is 3. The van der Waals surface area contributed by atoms with Gasteiger partial charge >= 0.3 is 0 Å². The van der Waals surface area contributed by atoms with Crippen LogP contribution in [0.15, 0.2) is 18.6 Å². The average molecular weight is 349 g/mol. The Bertz CT molecular complexity index is 574. The summed E-state index contributed by atoms with van der Waals surface area (Å²) in [7, 11) is 0. The van der Waals surface area contributed by atoms with E-state index in [1.807, 2.05) is 16.7 Å². The first kappa shape index (κ1) is 16.3. The van der Waals surface area contributed by atoms with Crippen LogP contribution in [-0.2, 0) is 9.47 Å². The molecule has 6 nitrogen and oxygen atoms in total. The molecule has 4 heterocycles. The standard InChI is InChI=1S/C17H23N3O3S/c21-16(15-1-4-18-12-19-15)20-10-17(11-20)7-14(9-24-17)23-8-13-2-5-22-6-3-13/h1,4,12-14H,2-3,5-11H2/t14-/m0/s1. The summed E-state index contributed by atoms with van der Waals surface area (Å²) in [5, 5.41) is 0. The molecule has 1 aromatic rings. The summed E-state index contributed by atoms with van der Waals surface area (Å²) in [4.78, 5) is 22.2. The number of aromatic nitrogens is 2. The molecule has 1 atom stereocenters. The van der Waals surface area contributed by atoms with Crippen molar-refractivity contribution in [2.24, 2.45) is 5.92 Å². The number of carbonyl (C=O) groups excluding carboxylic acids is 1. The molecular weight excluding hydrogens is 326 g/mol. The van der Waals surface area contributed by atoms with E-state index < -0.39 is 0 Å². The van der Waals surface area contributed by atoms with Gasteiger partial charge in [-0.3, -0.25) is 4.79 Å². The van der Waals surface area contributed by atoms with Gasteiger partial charge in [-0.05, 0) is 31.2 Å². The van der Waals surface area contributed by atoms with Crippen LogP contribution < -0.4 is 0 Å². The third-order valence-electron chi connectivity index (χ3n) is 5.13. The number of hydrogen-bond acceptors (Lipinski definition) is 6. The second kappa shape index (κ2) is 6.98. The van der Waals surface area contributed by atoms with Gasteiger partial charge in [-0.2, -0.15) is 0 Å². The van der Waals surface area contributed by atoms with Crippen LogP contribution in [0.3, 0.4) is 0 Å². The van der Waals surface area contributed by atoms with Crippen molar-refractivity contribution in [3.63, 3.8) is 0 Å². The van der Waals surface area contributed by atoms with Crippen molar-refractivity contribution >= 4 is 17.7 Å². The maximum atomic E-state index is 12.4. The predicted molar refractivity (Wildman–Crippen MR) is 91.0 cm³/mol. The maximum absolute atomic E-state index is 12.4. The number of rotatable bonds is 4. The van der Waals surface area contributed by atoms with Crippen molar-refractivity contribution < 1.29 is 14.3 Å². The molecular formula is C17H23N3O3S. The number of likely N-dealkylation sites (tertiary alicyclic amines) is 1. The van der Waals surface area contributed by atoms with Gasteiger partial charge in [0.1, 0.15) is 12.0 Å². The Balaban J connectivity index is 1.23. The van der Waals surface area contributed by atoms with E-state index in [1.54, 1.807) is 12.3 Å². The van der Waals surface area contributed by atoms with Gasteiger partial charge in [-0.1, -0.05) is 0 Å². The molecule has 3 fully saturated rings. The molecule has 24 heavy (non-hydrogen) atoms. The highest BCUT2D eigenvalue weighted by molar-refractivity contribution is 8.01. The molecule has 0 N–H and O–H groups in total. The van der Waals surface area contributed by atoms with Crippen LogP contribution in [0.2, 0.25) is 0 Å². The van der Waals surface area contributed by atoms with Crippen LogP contribution in [0.5, 0.6) is 0 Å². The van der Waals surface area contributed by atoms with Gasteiger partial charge in [0.05, 0.1) is 10.9 Å². The van der Waals surface area contributed by atoms with E-state index in [2.05, 4.69) is 9.97 Å². The fourth-order valence-corrected chi connectivity index (χ4v) is 5.24. The van der Waals surface area contributed by atoms with Gasteiger partial charge in [-0.25, -0.2) is 9.97 Å². The lowest BCUT2D eigenvalue weighted by Gasteiger charge is -2.47. The maximum Gasteiger partial charge on any atom is 0.272 e.